The predicted molar refractivity (Wildman–Crippen MR) is 65.2 cm³/mol. The van der Waals surface area contributed by atoms with Crippen molar-refractivity contribution in [3.05, 3.63) is 17.7 Å². The van der Waals surface area contributed by atoms with Crippen molar-refractivity contribution < 1.29 is 19.0 Å². The van der Waals surface area contributed by atoms with Crippen molar-refractivity contribution in [3.8, 4) is 17.2 Å². The first kappa shape index (κ1) is 13.4. The molecule has 0 aliphatic rings. The summed E-state index contributed by atoms with van der Waals surface area (Å²) in [5.41, 5.74) is 0.872. The Balaban J connectivity index is 3.30. The Morgan fingerprint density at radius 2 is 1.65 bits per heavy atom. The van der Waals surface area contributed by atoms with Gasteiger partial charge in [-0.25, -0.2) is 0 Å². The average molecular weight is 238 g/mol. The van der Waals surface area contributed by atoms with Gasteiger partial charge >= 0.3 is 0 Å². The molecule has 0 saturated carbocycles. The summed E-state index contributed by atoms with van der Waals surface area (Å²) >= 11 is 0. The molecule has 1 aromatic carbocycles. The van der Waals surface area contributed by atoms with E-state index in [1.165, 1.54) is 0 Å². The Bertz CT molecular complexity index is 362. The molecule has 0 amide bonds. The van der Waals surface area contributed by atoms with Crippen molar-refractivity contribution in [2.24, 2.45) is 0 Å². The first-order valence-corrected chi connectivity index (χ1v) is 5.46. The zero-order chi connectivity index (χ0) is 12.8. The largest absolute Gasteiger partial charge is 0.493 e. The Kier molecular flexibility index (Phi) is 4.82. The molecule has 0 saturated heterocycles. The van der Waals surface area contributed by atoms with Crippen LogP contribution in [0.3, 0.4) is 0 Å². The van der Waals surface area contributed by atoms with E-state index in [1.807, 2.05) is 19.1 Å². The van der Waals surface area contributed by atoms with Crippen LogP contribution in [0.2, 0.25) is 0 Å². The van der Waals surface area contributed by atoms with Crippen LogP contribution in [0.4, 0.5) is 0 Å². The lowest BCUT2D eigenvalue weighted by molar-refractivity contribution is -0.109. The van der Waals surface area contributed by atoms with Gasteiger partial charge in [-0.2, -0.15) is 0 Å². The van der Waals surface area contributed by atoms with E-state index in [0.717, 1.165) is 18.3 Å². The number of ether oxygens (including phenoxy) is 3. The van der Waals surface area contributed by atoms with Crippen LogP contribution >= 0.6 is 0 Å². The van der Waals surface area contributed by atoms with E-state index in [4.69, 9.17) is 14.2 Å². The minimum Gasteiger partial charge on any atom is -0.493 e. The molecule has 1 atom stereocenters. The van der Waals surface area contributed by atoms with Gasteiger partial charge in [-0.05, 0) is 24.1 Å². The number of hydrogen-bond acceptors (Lipinski definition) is 4. The molecule has 17 heavy (non-hydrogen) atoms. The summed E-state index contributed by atoms with van der Waals surface area (Å²) in [6.45, 7) is 1.96. The molecule has 0 spiro atoms. The van der Waals surface area contributed by atoms with Crippen molar-refractivity contribution in [1.29, 1.82) is 0 Å². The molecule has 0 N–H and O–H groups in total. The van der Waals surface area contributed by atoms with Gasteiger partial charge in [-0.1, -0.05) is 6.92 Å². The summed E-state index contributed by atoms with van der Waals surface area (Å²) in [6.07, 6.45) is 1.67. The molecule has 94 valence electrons. The second-order valence-electron chi connectivity index (χ2n) is 3.61. The summed E-state index contributed by atoms with van der Waals surface area (Å²) in [5.74, 6) is 1.53. The van der Waals surface area contributed by atoms with E-state index in [0.29, 0.717) is 17.2 Å². The highest BCUT2D eigenvalue weighted by Crippen LogP contribution is 2.40. The molecule has 0 unspecified atom stereocenters. The molecule has 0 aliphatic heterocycles. The maximum Gasteiger partial charge on any atom is 0.203 e. The Morgan fingerprint density at radius 3 is 1.94 bits per heavy atom. The molecule has 1 aromatic rings. The molecule has 1 rings (SSSR count). The van der Waals surface area contributed by atoms with E-state index in [-0.39, 0.29) is 5.92 Å². The minimum atomic E-state index is -0.149. The second kappa shape index (κ2) is 6.13. The lowest BCUT2D eigenvalue weighted by Gasteiger charge is -2.16. The quantitative estimate of drug-likeness (QED) is 0.714. The first-order chi connectivity index (χ1) is 8.21. The Hall–Kier alpha value is -1.71. The minimum absolute atomic E-state index is 0.149. The van der Waals surface area contributed by atoms with Crippen LogP contribution in [0, 0.1) is 0 Å². The van der Waals surface area contributed by atoms with Gasteiger partial charge in [0, 0.05) is 5.92 Å². The van der Waals surface area contributed by atoms with Crippen molar-refractivity contribution in [2.75, 3.05) is 21.3 Å². The van der Waals surface area contributed by atoms with Crippen molar-refractivity contribution in [2.45, 2.75) is 19.3 Å². The lowest BCUT2D eigenvalue weighted by Crippen LogP contribution is -2.02. The molecular weight excluding hydrogens is 220 g/mol. The van der Waals surface area contributed by atoms with Crippen LogP contribution in [-0.2, 0) is 4.79 Å². The zero-order valence-electron chi connectivity index (χ0n) is 10.6. The van der Waals surface area contributed by atoms with Crippen LogP contribution < -0.4 is 14.2 Å². The van der Waals surface area contributed by atoms with E-state index in [2.05, 4.69) is 0 Å². The monoisotopic (exact) mass is 238 g/mol. The van der Waals surface area contributed by atoms with Crippen LogP contribution in [-0.4, -0.2) is 27.6 Å². The Labute approximate surface area is 101 Å². The van der Waals surface area contributed by atoms with Gasteiger partial charge in [-0.15, -0.1) is 0 Å². The van der Waals surface area contributed by atoms with Crippen LogP contribution in [0.5, 0.6) is 17.2 Å². The fourth-order valence-electron chi connectivity index (χ4n) is 1.73. The fraction of sp³-hybridized carbons (Fsp3) is 0.462. The van der Waals surface area contributed by atoms with E-state index in [1.54, 1.807) is 21.3 Å². The predicted octanol–water partition coefficient (Wildman–Crippen LogP) is 2.40. The number of benzene rings is 1. The molecule has 0 aliphatic carbocycles. The van der Waals surface area contributed by atoms with Crippen LogP contribution in [0.1, 0.15) is 24.8 Å². The van der Waals surface area contributed by atoms with Crippen LogP contribution in [0.15, 0.2) is 12.1 Å². The highest BCUT2D eigenvalue weighted by molar-refractivity contribution is 5.65. The second-order valence-corrected chi connectivity index (χ2v) is 3.61. The number of carbonyl (C=O) groups excluding carboxylic acids is 1. The molecule has 0 aromatic heterocycles. The normalized spacial score (nSPS) is 11.8. The molecule has 4 nitrogen and oxygen atoms in total. The fourth-order valence-corrected chi connectivity index (χ4v) is 1.73. The zero-order valence-corrected chi connectivity index (χ0v) is 10.6. The highest BCUT2D eigenvalue weighted by atomic mass is 16.5. The molecule has 0 heterocycles. The van der Waals surface area contributed by atoms with Crippen molar-refractivity contribution in [3.63, 3.8) is 0 Å². The summed E-state index contributed by atoms with van der Waals surface area (Å²) in [5, 5.41) is 0. The molecule has 0 radical (unpaired) electrons. The third-order valence-electron chi connectivity index (χ3n) is 2.72. The number of carbonyl (C=O) groups is 1. The van der Waals surface area contributed by atoms with Crippen molar-refractivity contribution >= 4 is 6.29 Å². The standard InChI is InChI=1S/C13H18O4/c1-5-9(8-14)10-6-11(15-2)13(17-4)12(7-10)16-3/h6-9H,5H2,1-4H3/t9-/m1/s1. The van der Waals surface area contributed by atoms with E-state index < -0.39 is 0 Å². The van der Waals surface area contributed by atoms with Crippen molar-refractivity contribution in [1.82, 2.24) is 0 Å². The summed E-state index contributed by atoms with van der Waals surface area (Å²) in [6, 6.07) is 3.62. The third-order valence-corrected chi connectivity index (χ3v) is 2.72. The average Bonchev–Trinajstić information content (AvgIpc) is 2.38. The number of hydrogen-bond donors (Lipinski definition) is 0. The van der Waals surface area contributed by atoms with Gasteiger partial charge in [-0.3, -0.25) is 0 Å². The van der Waals surface area contributed by atoms with E-state index in [9.17, 15) is 4.79 Å². The van der Waals surface area contributed by atoms with Gasteiger partial charge in [0.15, 0.2) is 11.5 Å². The van der Waals surface area contributed by atoms with Gasteiger partial charge in [0.2, 0.25) is 5.75 Å². The van der Waals surface area contributed by atoms with Gasteiger partial charge in [0.25, 0.3) is 0 Å². The van der Waals surface area contributed by atoms with Gasteiger partial charge in [0.1, 0.15) is 6.29 Å². The maximum absolute atomic E-state index is 11.0. The summed E-state index contributed by atoms with van der Waals surface area (Å²) in [4.78, 5) is 11.0. The van der Waals surface area contributed by atoms with Gasteiger partial charge in [0.05, 0.1) is 21.3 Å². The molecular formula is C13H18O4. The topological polar surface area (TPSA) is 44.8 Å². The maximum atomic E-state index is 11.0. The molecule has 4 heteroatoms. The first-order valence-electron chi connectivity index (χ1n) is 5.46. The summed E-state index contributed by atoms with van der Waals surface area (Å²) in [7, 11) is 4.67. The molecule has 0 bridgehead atoms. The van der Waals surface area contributed by atoms with E-state index >= 15 is 0 Å². The third kappa shape index (κ3) is 2.70. The lowest BCUT2D eigenvalue weighted by atomic mass is 9.97. The summed E-state index contributed by atoms with van der Waals surface area (Å²) < 4.78 is 15.7. The Morgan fingerprint density at radius 1 is 1.12 bits per heavy atom. The number of methoxy groups -OCH3 is 3. The molecule has 0 fully saturated rings. The number of aldehydes is 1. The smallest absolute Gasteiger partial charge is 0.203 e. The van der Waals surface area contributed by atoms with Crippen LogP contribution in [0.25, 0.3) is 0 Å². The van der Waals surface area contributed by atoms with Gasteiger partial charge < -0.3 is 19.0 Å². The highest BCUT2D eigenvalue weighted by Gasteiger charge is 2.17. The SMILES string of the molecule is CC[C@H](C=O)c1cc(OC)c(OC)c(OC)c1. The number of rotatable bonds is 6.